The minimum atomic E-state index is 0. The fraction of sp³-hybridized carbons (Fsp3) is 0.500. The third-order valence-corrected chi connectivity index (χ3v) is 2.50. The number of aliphatic imine (C=N–C) groups is 1. The molecule has 1 rings (SSSR count). The number of aliphatic hydroxyl groups is 1. The largest absolute Gasteiger partial charge is 0.396 e. The first-order valence-electron chi connectivity index (χ1n) is 5.69. The maximum Gasteiger partial charge on any atom is 0.190 e. The summed E-state index contributed by atoms with van der Waals surface area (Å²) >= 11 is 0. The first kappa shape index (κ1) is 17.1. The lowest BCUT2D eigenvalue weighted by atomic mass is 10.0. The average Bonchev–Trinajstić information content (AvgIpc) is 2.39. The molecule has 1 unspecified atom stereocenters. The molecule has 0 aromatic carbocycles. The summed E-state index contributed by atoms with van der Waals surface area (Å²) in [6, 6.07) is 5.81. The molecule has 0 fully saturated rings. The number of halogens is 1. The lowest BCUT2D eigenvalue weighted by Crippen LogP contribution is -2.39. The Morgan fingerprint density at radius 3 is 2.78 bits per heavy atom. The van der Waals surface area contributed by atoms with Crippen molar-refractivity contribution in [1.82, 2.24) is 15.6 Å². The number of guanidine groups is 1. The normalized spacial score (nSPS) is 12.5. The van der Waals surface area contributed by atoms with Gasteiger partial charge in [0.25, 0.3) is 0 Å². The summed E-state index contributed by atoms with van der Waals surface area (Å²) in [5, 5.41) is 15.4. The molecule has 1 aromatic rings. The van der Waals surface area contributed by atoms with Crippen LogP contribution in [0, 0.1) is 5.92 Å². The van der Waals surface area contributed by atoms with E-state index >= 15 is 0 Å². The zero-order valence-corrected chi connectivity index (χ0v) is 13.1. The molecule has 0 amide bonds. The minimum Gasteiger partial charge on any atom is -0.396 e. The number of rotatable bonds is 5. The van der Waals surface area contributed by atoms with E-state index in [9.17, 15) is 5.11 Å². The SMILES string of the molecule is CN=C(NC)NCC(CO)Cc1ccccn1.I. The molecule has 102 valence electrons. The van der Waals surface area contributed by atoms with Crippen molar-refractivity contribution in [3.8, 4) is 0 Å². The fourth-order valence-corrected chi connectivity index (χ4v) is 1.54. The lowest BCUT2D eigenvalue weighted by molar-refractivity contribution is 0.225. The van der Waals surface area contributed by atoms with Gasteiger partial charge in [-0.3, -0.25) is 9.98 Å². The Bertz CT molecular complexity index is 345. The second kappa shape index (κ2) is 10.1. The first-order valence-corrected chi connectivity index (χ1v) is 5.69. The summed E-state index contributed by atoms with van der Waals surface area (Å²) < 4.78 is 0. The van der Waals surface area contributed by atoms with Crippen molar-refractivity contribution in [1.29, 1.82) is 0 Å². The van der Waals surface area contributed by atoms with E-state index in [0.29, 0.717) is 6.54 Å². The molecule has 0 saturated carbocycles. The van der Waals surface area contributed by atoms with E-state index in [-0.39, 0.29) is 36.5 Å². The summed E-state index contributed by atoms with van der Waals surface area (Å²) in [4.78, 5) is 8.27. The van der Waals surface area contributed by atoms with Gasteiger partial charge in [0, 0.05) is 45.1 Å². The van der Waals surface area contributed by atoms with Crippen molar-refractivity contribution in [3.05, 3.63) is 30.1 Å². The Morgan fingerprint density at radius 1 is 1.50 bits per heavy atom. The third-order valence-electron chi connectivity index (χ3n) is 2.50. The predicted molar refractivity (Wildman–Crippen MR) is 84.4 cm³/mol. The van der Waals surface area contributed by atoms with Crippen molar-refractivity contribution >= 4 is 29.9 Å². The van der Waals surface area contributed by atoms with Gasteiger partial charge in [-0.1, -0.05) is 6.07 Å². The molecule has 0 spiro atoms. The van der Waals surface area contributed by atoms with Gasteiger partial charge in [0.15, 0.2) is 5.96 Å². The summed E-state index contributed by atoms with van der Waals surface area (Å²) in [5.74, 6) is 0.861. The zero-order chi connectivity index (χ0) is 12.5. The Labute approximate surface area is 125 Å². The highest BCUT2D eigenvalue weighted by molar-refractivity contribution is 14.0. The van der Waals surface area contributed by atoms with Gasteiger partial charge in [0.2, 0.25) is 0 Å². The molecule has 6 heteroatoms. The van der Waals surface area contributed by atoms with Gasteiger partial charge in [0.05, 0.1) is 0 Å². The minimum absolute atomic E-state index is 0. The molecule has 0 aliphatic carbocycles. The van der Waals surface area contributed by atoms with E-state index < -0.39 is 0 Å². The van der Waals surface area contributed by atoms with Crippen LogP contribution in [0.25, 0.3) is 0 Å². The molecule has 3 N–H and O–H groups in total. The molecule has 5 nitrogen and oxygen atoms in total. The topological polar surface area (TPSA) is 69.5 Å². The van der Waals surface area contributed by atoms with E-state index in [2.05, 4.69) is 20.6 Å². The van der Waals surface area contributed by atoms with Crippen LogP contribution in [0.5, 0.6) is 0 Å². The van der Waals surface area contributed by atoms with Crippen LogP contribution in [-0.2, 0) is 6.42 Å². The number of hydrogen-bond donors (Lipinski definition) is 3. The van der Waals surface area contributed by atoms with Crippen LogP contribution in [0.4, 0.5) is 0 Å². The maximum atomic E-state index is 9.32. The van der Waals surface area contributed by atoms with E-state index in [1.165, 1.54) is 0 Å². The summed E-state index contributed by atoms with van der Waals surface area (Å²) in [6.45, 7) is 0.796. The Hall–Kier alpha value is -0.890. The van der Waals surface area contributed by atoms with Crippen LogP contribution in [0.2, 0.25) is 0 Å². The van der Waals surface area contributed by atoms with Crippen LogP contribution < -0.4 is 10.6 Å². The summed E-state index contributed by atoms with van der Waals surface area (Å²) in [5.41, 5.74) is 0.993. The van der Waals surface area contributed by atoms with Crippen molar-refractivity contribution < 1.29 is 5.11 Å². The van der Waals surface area contributed by atoms with Gasteiger partial charge in [0.1, 0.15) is 0 Å². The van der Waals surface area contributed by atoms with Gasteiger partial charge < -0.3 is 15.7 Å². The smallest absolute Gasteiger partial charge is 0.190 e. The number of nitrogens with one attached hydrogen (secondary N) is 2. The highest BCUT2D eigenvalue weighted by Crippen LogP contribution is 2.04. The monoisotopic (exact) mass is 364 g/mol. The lowest BCUT2D eigenvalue weighted by Gasteiger charge is -2.16. The van der Waals surface area contributed by atoms with Crippen LogP contribution in [0.15, 0.2) is 29.4 Å². The Balaban J connectivity index is 0.00000289. The van der Waals surface area contributed by atoms with E-state index in [1.807, 2.05) is 25.2 Å². The van der Waals surface area contributed by atoms with Crippen molar-refractivity contribution in [2.24, 2.45) is 10.9 Å². The number of nitrogens with zero attached hydrogens (tertiary/aromatic N) is 2. The first-order chi connectivity index (χ1) is 8.30. The molecule has 0 bridgehead atoms. The molecule has 0 saturated heterocycles. The molecule has 0 aliphatic heterocycles. The molecule has 0 aliphatic rings. The van der Waals surface area contributed by atoms with Crippen molar-refractivity contribution in [3.63, 3.8) is 0 Å². The number of hydrogen-bond acceptors (Lipinski definition) is 3. The van der Waals surface area contributed by atoms with E-state index in [0.717, 1.165) is 18.1 Å². The summed E-state index contributed by atoms with van der Waals surface area (Å²) in [6.07, 6.45) is 2.52. The van der Waals surface area contributed by atoms with E-state index in [4.69, 9.17) is 0 Å². The molecular weight excluding hydrogens is 343 g/mol. The number of aromatic nitrogens is 1. The third kappa shape index (κ3) is 6.15. The molecule has 1 atom stereocenters. The highest BCUT2D eigenvalue weighted by Gasteiger charge is 2.09. The van der Waals surface area contributed by atoms with Gasteiger partial charge in [-0.15, -0.1) is 24.0 Å². The molecule has 18 heavy (non-hydrogen) atoms. The second-order valence-corrected chi connectivity index (χ2v) is 3.78. The van der Waals surface area contributed by atoms with E-state index in [1.54, 1.807) is 13.2 Å². The number of aliphatic hydroxyl groups excluding tert-OH is 1. The van der Waals surface area contributed by atoms with Gasteiger partial charge in [-0.2, -0.15) is 0 Å². The van der Waals surface area contributed by atoms with Gasteiger partial charge >= 0.3 is 0 Å². The Morgan fingerprint density at radius 2 is 2.28 bits per heavy atom. The quantitative estimate of drug-likeness (QED) is 0.408. The van der Waals surface area contributed by atoms with Crippen LogP contribution >= 0.6 is 24.0 Å². The molecular formula is C12H21IN4O. The Kier molecular flexibility index (Phi) is 9.57. The molecule has 0 radical (unpaired) electrons. The predicted octanol–water partition coefficient (Wildman–Crippen LogP) is 0.645. The summed E-state index contributed by atoms with van der Waals surface area (Å²) in [7, 11) is 3.52. The molecule has 1 aromatic heterocycles. The molecule has 1 heterocycles. The second-order valence-electron chi connectivity index (χ2n) is 3.78. The van der Waals surface area contributed by atoms with Gasteiger partial charge in [-0.25, -0.2) is 0 Å². The zero-order valence-electron chi connectivity index (χ0n) is 10.8. The fourth-order valence-electron chi connectivity index (χ4n) is 1.54. The van der Waals surface area contributed by atoms with Crippen LogP contribution in [0.1, 0.15) is 5.69 Å². The van der Waals surface area contributed by atoms with Gasteiger partial charge in [-0.05, 0) is 18.6 Å². The number of pyridine rings is 1. The standard InChI is InChI=1S/C12H20N4O.HI/c1-13-12(14-2)16-8-10(9-17)7-11-5-3-4-6-15-11;/h3-6,10,17H,7-9H2,1-2H3,(H2,13,14,16);1H. The van der Waals surface area contributed by atoms with Crippen molar-refractivity contribution in [2.45, 2.75) is 6.42 Å². The van der Waals surface area contributed by atoms with Crippen LogP contribution in [-0.4, -0.2) is 43.3 Å². The van der Waals surface area contributed by atoms with Crippen molar-refractivity contribution in [2.75, 3.05) is 27.2 Å². The van der Waals surface area contributed by atoms with Crippen LogP contribution in [0.3, 0.4) is 0 Å². The highest BCUT2D eigenvalue weighted by atomic mass is 127. The maximum absolute atomic E-state index is 9.32. The average molecular weight is 364 g/mol.